The van der Waals surface area contributed by atoms with Crippen molar-refractivity contribution in [3.63, 3.8) is 0 Å². The molecule has 0 saturated carbocycles. The van der Waals surface area contributed by atoms with Crippen molar-refractivity contribution in [2.45, 2.75) is 17.2 Å². The van der Waals surface area contributed by atoms with Crippen LogP contribution in [0.1, 0.15) is 0 Å². The molecule has 2 aliphatic rings. The molecule has 24 heavy (non-hydrogen) atoms. The van der Waals surface area contributed by atoms with Gasteiger partial charge in [-0.25, -0.2) is 22.2 Å². The van der Waals surface area contributed by atoms with Gasteiger partial charge >= 0.3 is 0 Å². The minimum atomic E-state index is -3.83. The Morgan fingerprint density at radius 2 is 1.67 bits per heavy atom. The highest BCUT2D eigenvalue weighted by atomic mass is 32.2. The van der Waals surface area contributed by atoms with Crippen LogP contribution >= 0.6 is 0 Å². The first kappa shape index (κ1) is 15.3. The van der Waals surface area contributed by atoms with Crippen molar-refractivity contribution in [1.29, 1.82) is 0 Å². The van der Waals surface area contributed by atoms with Gasteiger partial charge in [0.15, 0.2) is 28.9 Å². The Labute approximate surface area is 136 Å². The van der Waals surface area contributed by atoms with Crippen molar-refractivity contribution in [3.05, 3.63) is 36.3 Å². The van der Waals surface area contributed by atoms with Crippen LogP contribution in [0.2, 0.25) is 0 Å². The Hall–Kier alpha value is -2.20. The second-order valence-electron chi connectivity index (χ2n) is 5.70. The van der Waals surface area contributed by atoms with Crippen LogP contribution in [0, 0.1) is 11.6 Å². The number of fused-ring (bicyclic) bond motifs is 2. The van der Waals surface area contributed by atoms with Gasteiger partial charge < -0.3 is 14.0 Å². The van der Waals surface area contributed by atoms with E-state index in [1.54, 1.807) is 7.05 Å². The largest absolute Gasteiger partial charge is 0.478 e. The maximum atomic E-state index is 13.8. The van der Waals surface area contributed by atoms with E-state index in [9.17, 15) is 17.2 Å². The zero-order chi connectivity index (χ0) is 17.1. The average molecular weight is 357 g/mol. The molecule has 128 valence electrons. The SMILES string of the molecule is Cn1cnc(S(=O)(=O)N2C[C@@H]3Oc4c(F)ccc(F)c4O[C@@H]3C2)c1. The summed E-state index contributed by atoms with van der Waals surface area (Å²) < 4.78 is 66.3. The lowest BCUT2D eigenvalue weighted by Crippen LogP contribution is -2.39. The summed E-state index contributed by atoms with van der Waals surface area (Å²) >= 11 is 0. The Balaban J connectivity index is 1.62. The smallest absolute Gasteiger partial charge is 0.262 e. The van der Waals surface area contributed by atoms with E-state index in [-0.39, 0.29) is 29.6 Å². The topological polar surface area (TPSA) is 73.7 Å². The summed E-state index contributed by atoms with van der Waals surface area (Å²) in [6.07, 6.45) is 1.33. The summed E-state index contributed by atoms with van der Waals surface area (Å²) in [7, 11) is -2.17. The molecule has 10 heteroatoms. The lowest BCUT2D eigenvalue weighted by atomic mass is 10.2. The Kier molecular flexibility index (Phi) is 3.29. The molecule has 0 bridgehead atoms. The minimum Gasteiger partial charge on any atom is -0.478 e. The number of nitrogens with zero attached hydrogens (tertiary/aromatic N) is 3. The van der Waals surface area contributed by atoms with Crippen LogP contribution in [0.25, 0.3) is 0 Å². The standard InChI is InChI=1S/C14H13F2N3O4S/c1-18-6-12(17-7-18)24(20,21)19-4-10-11(5-19)23-14-9(16)3-2-8(15)13(14)22-10/h2-3,6-7,10-11H,4-5H2,1H3/t10-,11+. The molecule has 4 rings (SSSR count). The molecule has 2 aromatic rings. The molecule has 2 atom stereocenters. The van der Waals surface area contributed by atoms with Crippen molar-refractivity contribution < 1.29 is 26.7 Å². The number of rotatable bonds is 2. The fourth-order valence-electron chi connectivity index (χ4n) is 2.82. The van der Waals surface area contributed by atoms with E-state index in [1.807, 2.05) is 0 Å². The second-order valence-corrected chi connectivity index (χ2v) is 7.58. The third-order valence-electron chi connectivity index (χ3n) is 4.02. The van der Waals surface area contributed by atoms with Gasteiger partial charge in [0.1, 0.15) is 0 Å². The van der Waals surface area contributed by atoms with Crippen molar-refractivity contribution in [2.75, 3.05) is 13.1 Å². The molecule has 0 spiro atoms. The number of aryl methyl sites for hydroxylation is 1. The molecule has 2 aliphatic heterocycles. The fraction of sp³-hybridized carbons (Fsp3) is 0.357. The molecule has 0 unspecified atom stereocenters. The summed E-state index contributed by atoms with van der Waals surface area (Å²) in [6.45, 7) is -0.0576. The quantitative estimate of drug-likeness (QED) is 0.799. The number of benzene rings is 1. The molecule has 1 fully saturated rings. The predicted molar refractivity (Wildman–Crippen MR) is 77.2 cm³/mol. The van der Waals surface area contributed by atoms with E-state index in [2.05, 4.69) is 4.98 Å². The first-order chi connectivity index (χ1) is 11.4. The Morgan fingerprint density at radius 1 is 1.12 bits per heavy atom. The number of sulfonamides is 1. The van der Waals surface area contributed by atoms with Gasteiger partial charge in [-0.2, -0.15) is 4.31 Å². The Bertz CT molecular complexity index is 876. The minimum absolute atomic E-state index is 0.0288. The van der Waals surface area contributed by atoms with E-state index in [0.717, 1.165) is 16.4 Å². The number of hydrogen-bond acceptors (Lipinski definition) is 5. The normalized spacial score (nSPS) is 23.3. The van der Waals surface area contributed by atoms with Crippen LogP contribution in [0.15, 0.2) is 29.7 Å². The van der Waals surface area contributed by atoms with Gasteiger partial charge in [0, 0.05) is 13.2 Å². The van der Waals surface area contributed by atoms with Gasteiger partial charge in [-0.3, -0.25) is 0 Å². The van der Waals surface area contributed by atoms with Gasteiger partial charge in [0.2, 0.25) is 11.5 Å². The van der Waals surface area contributed by atoms with Crippen molar-refractivity contribution in [3.8, 4) is 11.5 Å². The van der Waals surface area contributed by atoms with E-state index < -0.39 is 33.9 Å². The molecule has 7 nitrogen and oxygen atoms in total. The molecule has 0 amide bonds. The third kappa shape index (κ3) is 2.25. The molecule has 1 aromatic heterocycles. The van der Waals surface area contributed by atoms with Gasteiger partial charge in [-0.1, -0.05) is 0 Å². The average Bonchev–Trinajstić information content (AvgIpc) is 3.16. The zero-order valence-electron chi connectivity index (χ0n) is 12.5. The lowest BCUT2D eigenvalue weighted by Gasteiger charge is -2.28. The number of hydrogen-bond donors (Lipinski definition) is 0. The monoisotopic (exact) mass is 357 g/mol. The van der Waals surface area contributed by atoms with Crippen LogP contribution in [-0.4, -0.2) is 47.6 Å². The predicted octanol–water partition coefficient (Wildman–Crippen LogP) is 0.911. The van der Waals surface area contributed by atoms with Crippen LogP contribution in [0.3, 0.4) is 0 Å². The van der Waals surface area contributed by atoms with Gasteiger partial charge in [-0.05, 0) is 12.1 Å². The van der Waals surface area contributed by atoms with E-state index in [1.165, 1.54) is 17.1 Å². The van der Waals surface area contributed by atoms with Gasteiger partial charge in [0.25, 0.3) is 10.0 Å². The van der Waals surface area contributed by atoms with Crippen molar-refractivity contribution in [1.82, 2.24) is 13.9 Å². The summed E-state index contributed by atoms with van der Waals surface area (Å²) in [5.41, 5.74) is 0. The van der Waals surface area contributed by atoms with Crippen LogP contribution in [0.4, 0.5) is 8.78 Å². The maximum absolute atomic E-state index is 13.8. The fourth-order valence-corrected chi connectivity index (χ4v) is 4.26. The summed E-state index contributed by atoms with van der Waals surface area (Å²) in [4.78, 5) is 3.85. The maximum Gasteiger partial charge on any atom is 0.262 e. The molecule has 1 aromatic carbocycles. The van der Waals surface area contributed by atoms with E-state index >= 15 is 0 Å². The zero-order valence-corrected chi connectivity index (χ0v) is 13.3. The van der Waals surface area contributed by atoms with Gasteiger partial charge in [-0.15, -0.1) is 0 Å². The number of imidazole rings is 1. The highest BCUT2D eigenvalue weighted by molar-refractivity contribution is 7.89. The Morgan fingerprint density at radius 3 is 2.12 bits per heavy atom. The van der Waals surface area contributed by atoms with Crippen LogP contribution in [0.5, 0.6) is 11.5 Å². The van der Waals surface area contributed by atoms with Crippen molar-refractivity contribution in [2.24, 2.45) is 7.05 Å². The molecule has 0 aliphatic carbocycles. The molecule has 3 heterocycles. The first-order valence-electron chi connectivity index (χ1n) is 7.15. The highest BCUT2D eigenvalue weighted by Crippen LogP contribution is 2.40. The van der Waals surface area contributed by atoms with Crippen LogP contribution < -0.4 is 9.47 Å². The van der Waals surface area contributed by atoms with E-state index in [4.69, 9.17) is 9.47 Å². The first-order valence-corrected chi connectivity index (χ1v) is 8.59. The number of aromatic nitrogens is 2. The van der Waals surface area contributed by atoms with E-state index in [0.29, 0.717) is 0 Å². The molecule has 0 radical (unpaired) electrons. The number of halogens is 2. The highest BCUT2D eigenvalue weighted by Gasteiger charge is 2.46. The lowest BCUT2D eigenvalue weighted by molar-refractivity contribution is 0.0467. The van der Waals surface area contributed by atoms with Gasteiger partial charge in [0.05, 0.1) is 19.4 Å². The number of ether oxygens (including phenoxy) is 2. The molecular weight excluding hydrogens is 344 g/mol. The second kappa shape index (κ2) is 5.15. The van der Waals surface area contributed by atoms with Crippen LogP contribution in [-0.2, 0) is 17.1 Å². The molecule has 0 N–H and O–H groups in total. The van der Waals surface area contributed by atoms with Crippen molar-refractivity contribution >= 4 is 10.0 Å². The summed E-state index contributed by atoms with van der Waals surface area (Å²) in [5, 5.41) is -0.0986. The summed E-state index contributed by atoms with van der Waals surface area (Å²) in [6, 6.07) is 1.88. The third-order valence-corrected chi connectivity index (χ3v) is 5.74. The molecule has 1 saturated heterocycles. The molecular formula is C14H13F2N3O4S. The summed E-state index contributed by atoms with van der Waals surface area (Å²) in [5.74, 6) is -2.16.